The molecular weight excluding hydrogens is 292 g/mol. The SMILES string of the molecule is NC(N)=NN=Cc1ccccc1Sc1ccccc1Cl. The van der Waals surface area contributed by atoms with E-state index in [1.165, 1.54) is 0 Å². The topological polar surface area (TPSA) is 76.8 Å². The Labute approximate surface area is 126 Å². The Balaban J connectivity index is 2.27. The maximum absolute atomic E-state index is 6.16. The van der Waals surface area contributed by atoms with Crippen molar-refractivity contribution in [1.82, 2.24) is 0 Å². The second-order valence-electron chi connectivity index (χ2n) is 3.84. The van der Waals surface area contributed by atoms with Crippen LogP contribution in [0.15, 0.2) is 68.5 Å². The Morgan fingerprint density at radius 2 is 1.65 bits per heavy atom. The second-order valence-corrected chi connectivity index (χ2v) is 5.33. The van der Waals surface area contributed by atoms with Gasteiger partial charge in [-0.15, -0.1) is 5.10 Å². The van der Waals surface area contributed by atoms with Gasteiger partial charge in [-0.1, -0.05) is 53.7 Å². The zero-order chi connectivity index (χ0) is 14.4. The van der Waals surface area contributed by atoms with Crippen molar-refractivity contribution in [2.24, 2.45) is 21.7 Å². The average Bonchev–Trinajstić information content (AvgIpc) is 2.43. The number of benzene rings is 2. The molecule has 0 aliphatic carbocycles. The van der Waals surface area contributed by atoms with E-state index in [1.807, 2.05) is 48.5 Å². The molecule has 0 spiro atoms. The molecule has 0 saturated heterocycles. The van der Waals surface area contributed by atoms with E-state index in [2.05, 4.69) is 10.2 Å². The first kappa shape index (κ1) is 14.4. The molecule has 0 aliphatic rings. The molecule has 0 atom stereocenters. The molecule has 0 amide bonds. The van der Waals surface area contributed by atoms with Gasteiger partial charge in [0.15, 0.2) is 0 Å². The minimum atomic E-state index is -0.0718. The summed E-state index contributed by atoms with van der Waals surface area (Å²) in [5.74, 6) is -0.0718. The van der Waals surface area contributed by atoms with Gasteiger partial charge in [0.05, 0.1) is 11.2 Å². The van der Waals surface area contributed by atoms with E-state index in [1.54, 1.807) is 18.0 Å². The third kappa shape index (κ3) is 4.01. The molecule has 2 aromatic rings. The number of halogens is 1. The summed E-state index contributed by atoms with van der Waals surface area (Å²) < 4.78 is 0. The molecule has 0 saturated carbocycles. The van der Waals surface area contributed by atoms with Crippen LogP contribution in [0.25, 0.3) is 0 Å². The van der Waals surface area contributed by atoms with Crippen molar-refractivity contribution in [3.05, 3.63) is 59.1 Å². The molecule has 4 nitrogen and oxygen atoms in total. The highest BCUT2D eigenvalue weighted by molar-refractivity contribution is 7.99. The Morgan fingerprint density at radius 1 is 1.00 bits per heavy atom. The summed E-state index contributed by atoms with van der Waals surface area (Å²) in [7, 11) is 0. The van der Waals surface area contributed by atoms with E-state index in [9.17, 15) is 0 Å². The van der Waals surface area contributed by atoms with Crippen LogP contribution in [0.1, 0.15) is 5.56 Å². The lowest BCUT2D eigenvalue weighted by molar-refractivity contribution is 1.21. The molecule has 102 valence electrons. The average molecular weight is 305 g/mol. The molecule has 2 rings (SSSR count). The lowest BCUT2D eigenvalue weighted by atomic mass is 10.2. The van der Waals surface area contributed by atoms with Crippen molar-refractivity contribution >= 4 is 35.5 Å². The van der Waals surface area contributed by atoms with E-state index in [0.29, 0.717) is 5.02 Å². The van der Waals surface area contributed by atoms with Crippen LogP contribution in [0.2, 0.25) is 5.02 Å². The molecule has 2 aromatic carbocycles. The van der Waals surface area contributed by atoms with Crippen LogP contribution in [0.5, 0.6) is 0 Å². The van der Waals surface area contributed by atoms with Crippen LogP contribution in [-0.2, 0) is 0 Å². The second kappa shape index (κ2) is 6.98. The monoisotopic (exact) mass is 304 g/mol. The summed E-state index contributed by atoms with van der Waals surface area (Å²) in [6.07, 6.45) is 1.61. The summed E-state index contributed by atoms with van der Waals surface area (Å²) in [5.41, 5.74) is 11.4. The van der Waals surface area contributed by atoms with Crippen LogP contribution < -0.4 is 11.5 Å². The Bertz CT molecular complexity index is 651. The summed E-state index contributed by atoms with van der Waals surface area (Å²) in [4.78, 5) is 2.01. The Morgan fingerprint density at radius 3 is 2.35 bits per heavy atom. The van der Waals surface area contributed by atoms with Crippen LogP contribution in [0, 0.1) is 0 Å². The minimum absolute atomic E-state index is 0.0718. The molecule has 0 radical (unpaired) electrons. The predicted molar refractivity (Wildman–Crippen MR) is 85.4 cm³/mol. The predicted octanol–water partition coefficient (Wildman–Crippen LogP) is 3.10. The number of nitrogens with zero attached hydrogens (tertiary/aromatic N) is 2. The Kier molecular flexibility index (Phi) is 5.03. The van der Waals surface area contributed by atoms with Gasteiger partial charge in [0.2, 0.25) is 5.96 Å². The molecule has 4 N–H and O–H groups in total. The fourth-order valence-corrected chi connectivity index (χ4v) is 2.67. The molecule has 0 heterocycles. The number of rotatable bonds is 4. The quantitative estimate of drug-likeness (QED) is 0.517. The summed E-state index contributed by atoms with van der Waals surface area (Å²) in [6, 6.07) is 15.5. The van der Waals surface area contributed by atoms with Crippen molar-refractivity contribution in [3.63, 3.8) is 0 Å². The van der Waals surface area contributed by atoms with Gasteiger partial charge in [-0.25, -0.2) is 0 Å². The Hall–Kier alpha value is -1.98. The normalized spacial score (nSPS) is 10.7. The highest BCUT2D eigenvalue weighted by atomic mass is 35.5. The zero-order valence-electron chi connectivity index (χ0n) is 10.5. The maximum atomic E-state index is 6.16. The first-order valence-electron chi connectivity index (χ1n) is 5.80. The number of nitrogens with two attached hydrogens (primary N) is 2. The van der Waals surface area contributed by atoms with Gasteiger partial charge in [-0.3, -0.25) is 0 Å². The van der Waals surface area contributed by atoms with E-state index >= 15 is 0 Å². The van der Waals surface area contributed by atoms with Gasteiger partial charge < -0.3 is 11.5 Å². The van der Waals surface area contributed by atoms with Crippen molar-refractivity contribution < 1.29 is 0 Å². The van der Waals surface area contributed by atoms with Gasteiger partial charge >= 0.3 is 0 Å². The van der Waals surface area contributed by atoms with Gasteiger partial charge in [-0.2, -0.15) is 5.10 Å². The molecule has 0 aromatic heterocycles. The van der Waals surface area contributed by atoms with Gasteiger partial charge in [0.25, 0.3) is 0 Å². The van der Waals surface area contributed by atoms with Gasteiger partial charge in [0, 0.05) is 15.4 Å². The minimum Gasteiger partial charge on any atom is -0.369 e. The smallest absolute Gasteiger partial charge is 0.211 e. The largest absolute Gasteiger partial charge is 0.369 e. The van der Waals surface area contributed by atoms with E-state index in [0.717, 1.165) is 15.4 Å². The van der Waals surface area contributed by atoms with Crippen LogP contribution in [-0.4, -0.2) is 12.2 Å². The first-order chi connectivity index (χ1) is 9.66. The van der Waals surface area contributed by atoms with Crippen molar-refractivity contribution in [2.45, 2.75) is 9.79 Å². The fourth-order valence-electron chi connectivity index (χ4n) is 1.48. The lowest BCUT2D eigenvalue weighted by Gasteiger charge is -2.06. The third-order valence-corrected chi connectivity index (χ3v) is 3.95. The molecule has 20 heavy (non-hydrogen) atoms. The summed E-state index contributed by atoms with van der Waals surface area (Å²) >= 11 is 7.73. The molecule has 0 bridgehead atoms. The van der Waals surface area contributed by atoms with E-state index < -0.39 is 0 Å². The molecule has 0 aliphatic heterocycles. The summed E-state index contributed by atoms with van der Waals surface area (Å²) in [5, 5.41) is 8.14. The maximum Gasteiger partial charge on any atom is 0.211 e. The van der Waals surface area contributed by atoms with Crippen molar-refractivity contribution in [2.75, 3.05) is 0 Å². The van der Waals surface area contributed by atoms with Gasteiger partial charge in [-0.05, 0) is 18.2 Å². The van der Waals surface area contributed by atoms with Crippen LogP contribution >= 0.6 is 23.4 Å². The number of guanidine groups is 1. The van der Waals surface area contributed by atoms with Crippen LogP contribution in [0.3, 0.4) is 0 Å². The van der Waals surface area contributed by atoms with Crippen LogP contribution in [0.4, 0.5) is 0 Å². The standard InChI is InChI=1S/C14H13ClN4S/c15-11-6-2-4-8-13(11)20-12-7-3-1-5-10(12)9-18-19-14(16)17/h1-9H,(H4,16,17,19). The third-order valence-electron chi connectivity index (χ3n) is 2.35. The van der Waals surface area contributed by atoms with Gasteiger partial charge in [0.1, 0.15) is 0 Å². The molecule has 6 heteroatoms. The highest BCUT2D eigenvalue weighted by Gasteiger charge is 2.05. The first-order valence-corrected chi connectivity index (χ1v) is 6.99. The number of hydrogen-bond donors (Lipinski definition) is 2. The van der Waals surface area contributed by atoms with E-state index in [-0.39, 0.29) is 5.96 Å². The zero-order valence-corrected chi connectivity index (χ0v) is 12.1. The number of hydrogen-bond acceptors (Lipinski definition) is 3. The molecular formula is C14H13ClN4S. The molecule has 0 unspecified atom stereocenters. The summed E-state index contributed by atoms with van der Waals surface area (Å²) in [6.45, 7) is 0. The van der Waals surface area contributed by atoms with Crippen molar-refractivity contribution in [1.29, 1.82) is 0 Å². The van der Waals surface area contributed by atoms with Crippen molar-refractivity contribution in [3.8, 4) is 0 Å². The molecule has 0 fully saturated rings. The lowest BCUT2D eigenvalue weighted by Crippen LogP contribution is -2.21. The fraction of sp³-hybridized carbons (Fsp3) is 0. The highest BCUT2D eigenvalue weighted by Crippen LogP contribution is 2.34. The van der Waals surface area contributed by atoms with E-state index in [4.69, 9.17) is 23.1 Å².